The number of anilines is 3. The van der Waals surface area contributed by atoms with Gasteiger partial charge in [0, 0.05) is 33.5 Å². The maximum atomic E-state index is 2.39. The van der Waals surface area contributed by atoms with Crippen LogP contribution in [0.15, 0.2) is 218 Å². The van der Waals surface area contributed by atoms with Crippen molar-refractivity contribution in [2.24, 2.45) is 0 Å². The number of para-hydroxylation sites is 2. The fraction of sp³-hybridized carbons (Fsp3) is 0. The lowest BCUT2D eigenvalue weighted by atomic mass is 9.94. The third kappa shape index (κ3) is 5.19. The molecule has 0 aliphatic rings. The zero-order valence-corrected chi connectivity index (χ0v) is 30.7. The Morgan fingerprint density at radius 3 is 1.39 bits per heavy atom. The third-order valence-corrected chi connectivity index (χ3v) is 11.4. The Morgan fingerprint density at radius 2 is 0.750 bits per heavy atom. The van der Waals surface area contributed by atoms with E-state index in [1.807, 2.05) is 0 Å². The standard InChI is InChI=1S/C54H36N2/c1-3-14-37(15-4-1)38-26-30-41(31-27-38)55(43-34-35-49-47-20-8-7-18-45(47)46-19-9-10-21-48(46)51(49)36-43)42-32-28-39(29-33-42)44-23-13-25-53-54(44)50-22-11-12-24-52(50)56(53)40-16-5-2-6-17-40/h1-36H. The summed E-state index contributed by atoms with van der Waals surface area (Å²) in [5.41, 5.74) is 11.7. The van der Waals surface area contributed by atoms with Crippen molar-refractivity contribution in [1.82, 2.24) is 4.57 Å². The maximum Gasteiger partial charge on any atom is 0.0547 e. The van der Waals surface area contributed by atoms with Gasteiger partial charge in [-0.1, -0.05) is 158 Å². The molecular formula is C54H36N2. The van der Waals surface area contributed by atoms with Crippen LogP contribution in [0, 0.1) is 0 Å². The molecule has 0 bridgehead atoms. The second-order valence-electron chi connectivity index (χ2n) is 14.5. The highest BCUT2D eigenvalue weighted by Gasteiger charge is 2.19. The summed E-state index contributed by atoms with van der Waals surface area (Å²) in [5.74, 6) is 0. The first-order chi connectivity index (χ1) is 27.8. The summed E-state index contributed by atoms with van der Waals surface area (Å²) in [6, 6.07) is 79.4. The van der Waals surface area contributed by atoms with E-state index in [4.69, 9.17) is 0 Å². The van der Waals surface area contributed by atoms with Crippen molar-refractivity contribution in [3.63, 3.8) is 0 Å². The van der Waals surface area contributed by atoms with Crippen molar-refractivity contribution in [3.8, 4) is 27.9 Å². The number of rotatable bonds is 6. The first-order valence-corrected chi connectivity index (χ1v) is 19.3. The van der Waals surface area contributed by atoms with Crippen LogP contribution in [0.2, 0.25) is 0 Å². The number of hydrogen-bond acceptors (Lipinski definition) is 1. The number of benzene rings is 10. The molecule has 0 saturated heterocycles. The van der Waals surface area contributed by atoms with Crippen LogP contribution in [0.25, 0.3) is 82.1 Å². The van der Waals surface area contributed by atoms with Gasteiger partial charge < -0.3 is 9.47 Å². The summed E-state index contributed by atoms with van der Waals surface area (Å²) in [6.07, 6.45) is 0. The molecule has 0 aliphatic carbocycles. The lowest BCUT2D eigenvalue weighted by Crippen LogP contribution is -2.10. The van der Waals surface area contributed by atoms with Gasteiger partial charge in [0.2, 0.25) is 0 Å². The minimum absolute atomic E-state index is 1.10. The normalized spacial score (nSPS) is 11.6. The van der Waals surface area contributed by atoms with E-state index in [0.29, 0.717) is 0 Å². The number of hydrogen-bond donors (Lipinski definition) is 0. The average Bonchev–Trinajstić information content (AvgIpc) is 3.62. The molecule has 0 fully saturated rings. The predicted octanol–water partition coefficient (Wildman–Crippen LogP) is 15.0. The van der Waals surface area contributed by atoms with Gasteiger partial charge in [-0.15, -0.1) is 0 Å². The summed E-state index contributed by atoms with van der Waals surface area (Å²) in [7, 11) is 0. The van der Waals surface area contributed by atoms with E-state index < -0.39 is 0 Å². The van der Waals surface area contributed by atoms with Gasteiger partial charge in [-0.2, -0.15) is 0 Å². The first-order valence-electron chi connectivity index (χ1n) is 19.3. The summed E-state index contributed by atoms with van der Waals surface area (Å²) >= 11 is 0. The second kappa shape index (κ2) is 13.2. The van der Waals surface area contributed by atoms with Crippen LogP contribution in [0.5, 0.6) is 0 Å². The molecule has 0 N–H and O–H groups in total. The van der Waals surface area contributed by atoms with E-state index in [-0.39, 0.29) is 0 Å². The number of aromatic nitrogens is 1. The summed E-state index contributed by atoms with van der Waals surface area (Å²) < 4.78 is 2.38. The molecule has 11 aromatic rings. The van der Waals surface area contributed by atoms with Crippen LogP contribution < -0.4 is 4.90 Å². The molecule has 0 unspecified atom stereocenters. The summed E-state index contributed by atoms with van der Waals surface area (Å²) in [6.45, 7) is 0. The van der Waals surface area contributed by atoms with Crippen molar-refractivity contribution in [2.75, 3.05) is 4.90 Å². The fourth-order valence-electron chi connectivity index (χ4n) is 8.82. The van der Waals surface area contributed by atoms with Crippen molar-refractivity contribution in [2.45, 2.75) is 0 Å². The van der Waals surface area contributed by atoms with Crippen molar-refractivity contribution in [1.29, 1.82) is 0 Å². The summed E-state index contributed by atoms with van der Waals surface area (Å²) in [5, 5.41) is 10.1. The molecule has 0 amide bonds. The van der Waals surface area contributed by atoms with Gasteiger partial charge in [0.15, 0.2) is 0 Å². The molecule has 0 saturated carbocycles. The molecule has 2 nitrogen and oxygen atoms in total. The van der Waals surface area contributed by atoms with Gasteiger partial charge in [-0.25, -0.2) is 0 Å². The maximum absolute atomic E-state index is 2.39. The molecule has 10 aromatic carbocycles. The van der Waals surface area contributed by atoms with E-state index in [9.17, 15) is 0 Å². The Bertz CT molecular complexity index is 3180. The molecule has 56 heavy (non-hydrogen) atoms. The molecule has 0 spiro atoms. The monoisotopic (exact) mass is 712 g/mol. The number of nitrogens with zero attached hydrogens (tertiary/aromatic N) is 2. The highest BCUT2D eigenvalue weighted by Crippen LogP contribution is 2.43. The second-order valence-corrected chi connectivity index (χ2v) is 14.5. The van der Waals surface area contributed by atoms with Crippen LogP contribution in [-0.2, 0) is 0 Å². The highest BCUT2D eigenvalue weighted by atomic mass is 15.1. The van der Waals surface area contributed by atoms with Crippen molar-refractivity contribution < 1.29 is 0 Å². The molecule has 262 valence electrons. The van der Waals surface area contributed by atoms with Gasteiger partial charge in [0.05, 0.1) is 11.0 Å². The molecule has 11 rings (SSSR count). The lowest BCUT2D eigenvalue weighted by molar-refractivity contribution is 1.18. The zero-order chi connectivity index (χ0) is 37.0. The quantitative estimate of drug-likeness (QED) is 0.156. The largest absolute Gasteiger partial charge is 0.310 e. The van der Waals surface area contributed by atoms with E-state index in [0.717, 1.165) is 22.7 Å². The molecule has 1 aromatic heterocycles. The van der Waals surface area contributed by atoms with Crippen LogP contribution in [0.3, 0.4) is 0 Å². The van der Waals surface area contributed by atoms with Gasteiger partial charge >= 0.3 is 0 Å². The molecule has 0 radical (unpaired) electrons. The Labute approximate surface area is 325 Å². The minimum Gasteiger partial charge on any atom is -0.310 e. The van der Waals surface area contributed by atoms with Crippen molar-refractivity contribution in [3.05, 3.63) is 218 Å². The van der Waals surface area contributed by atoms with E-state index in [1.54, 1.807) is 0 Å². The van der Waals surface area contributed by atoms with Crippen LogP contribution >= 0.6 is 0 Å². The Kier molecular flexibility index (Phi) is 7.53. The Balaban J connectivity index is 1.08. The van der Waals surface area contributed by atoms with E-state index in [1.165, 1.54) is 76.4 Å². The van der Waals surface area contributed by atoms with E-state index >= 15 is 0 Å². The third-order valence-electron chi connectivity index (χ3n) is 11.4. The molecule has 0 aliphatic heterocycles. The Hall–Kier alpha value is -7.42. The van der Waals surface area contributed by atoms with Crippen LogP contribution in [-0.4, -0.2) is 4.57 Å². The van der Waals surface area contributed by atoms with Gasteiger partial charge in [0.25, 0.3) is 0 Å². The van der Waals surface area contributed by atoms with E-state index in [2.05, 4.69) is 228 Å². The van der Waals surface area contributed by atoms with Gasteiger partial charge in [-0.05, 0) is 115 Å². The van der Waals surface area contributed by atoms with Gasteiger partial charge in [-0.3, -0.25) is 0 Å². The predicted molar refractivity (Wildman–Crippen MR) is 239 cm³/mol. The topological polar surface area (TPSA) is 8.17 Å². The lowest BCUT2D eigenvalue weighted by Gasteiger charge is -2.27. The molecule has 1 heterocycles. The van der Waals surface area contributed by atoms with Crippen molar-refractivity contribution >= 4 is 71.2 Å². The molecule has 2 heteroatoms. The molecular weight excluding hydrogens is 677 g/mol. The number of fused-ring (bicyclic) bond motifs is 9. The minimum atomic E-state index is 1.10. The average molecular weight is 713 g/mol. The SMILES string of the molecule is c1ccc(-c2ccc(N(c3ccc(-c4cccc5c4c4ccccc4n5-c4ccccc4)cc3)c3ccc4c5ccccc5c5ccccc5c4c3)cc2)cc1. The smallest absolute Gasteiger partial charge is 0.0547 e. The zero-order valence-electron chi connectivity index (χ0n) is 30.7. The Morgan fingerprint density at radius 1 is 0.286 bits per heavy atom. The van der Waals surface area contributed by atoms with Crippen LogP contribution in [0.1, 0.15) is 0 Å². The van der Waals surface area contributed by atoms with Crippen LogP contribution in [0.4, 0.5) is 17.1 Å². The highest BCUT2D eigenvalue weighted by molar-refractivity contribution is 6.26. The first kappa shape index (κ1) is 32.0. The van der Waals surface area contributed by atoms with Gasteiger partial charge in [0.1, 0.15) is 0 Å². The molecule has 0 atom stereocenters. The summed E-state index contributed by atoms with van der Waals surface area (Å²) in [4.78, 5) is 2.39. The fourth-order valence-corrected chi connectivity index (χ4v) is 8.82.